The van der Waals surface area contributed by atoms with E-state index < -0.39 is 0 Å². The zero-order chi connectivity index (χ0) is 11.9. The van der Waals surface area contributed by atoms with Crippen LogP contribution >= 0.6 is 0 Å². The van der Waals surface area contributed by atoms with Crippen LogP contribution in [0.15, 0.2) is 30.3 Å². The lowest BCUT2D eigenvalue weighted by Gasteiger charge is -2.17. The molecule has 2 rings (SSSR count). The second-order valence-electron chi connectivity index (χ2n) is 4.54. The summed E-state index contributed by atoms with van der Waals surface area (Å²) in [6.07, 6.45) is 2.16. The maximum Gasteiger partial charge on any atom is 0.157 e. The maximum atomic E-state index is 5.41. The fourth-order valence-corrected chi connectivity index (χ4v) is 2.08. The smallest absolute Gasteiger partial charge is 0.157 e. The van der Waals surface area contributed by atoms with E-state index >= 15 is 0 Å². The summed E-state index contributed by atoms with van der Waals surface area (Å²) in [4.78, 5) is 2.34. The minimum absolute atomic E-state index is 0.0418. The fourth-order valence-electron chi connectivity index (χ4n) is 2.08. The van der Waals surface area contributed by atoms with E-state index in [1.54, 1.807) is 0 Å². The van der Waals surface area contributed by atoms with Crippen molar-refractivity contribution >= 4 is 0 Å². The highest BCUT2D eigenvalue weighted by molar-refractivity contribution is 5.14. The third kappa shape index (κ3) is 4.46. The highest BCUT2D eigenvalue weighted by Gasteiger charge is 2.15. The number of benzene rings is 1. The Kier molecular flexibility index (Phi) is 4.98. The second-order valence-corrected chi connectivity index (χ2v) is 4.54. The Labute approximate surface area is 103 Å². The normalized spacial score (nSPS) is 16.8. The molecule has 1 aromatic carbocycles. The number of rotatable bonds is 6. The van der Waals surface area contributed by atoms with Gasteiger partial charge in [-0.25, -0.2) is 0 Å². The van der Waals surface area contributed by atoms with Crippen molar-refractivity contribution < 1.29 is 9.47 Å². The average Bonchev–Trinajstić information content (AvgIpc) is 2.83. The molecule has 0 aromatic heterocycles. The number of hydrogen-bond acceptors (Lipinski definition) is 3. The molecule has 0 N–H and O–H groups in total. The second kappa shape index (κ2) is 6.74. The maximum absolute atomic E-state index is 5.41. The third-order valence-electron chi connectivity index (χ3n) is 2.97. The highest BCUT2D eigenvalue weighted by atomic mass is 16.7. The van der Waals surface area contributed by atoms with E-state index in [-0.39, 0.29) is 6.29 Å². The molecule has 0 unspecified atom stereocenters. The van der Waals surface area contributed by atoms with Crippen molar-refractivity contribution in [3.63, 3.8) is 0 Å². The van der Waals surface area contributed by atoms with Crippen LogP contribution in [0.1, 0.15) is 18.4 Å². The zero-order valence-electron chi connectivity index (χ0n) is 10.5. The molecule has 1 aliphatic rings. The van der Waals surface area contributed by atoms with E-state index in [1.165, 1.54) is 5.56 Å². The quantitative estimate of drug-likeness (QED) is 0.755. The van der Waals surface area contributed by atoms with Crippen LogP contribution in [0.5, 0.6) is 0 Å². The summed E-state index contributed by atoms with van der Waals surface area (Å²) in [5.41, 5.74) is 1.36. The van der Waals surface area contributed by atoms with E-state index in [2.05, 4.69) is 42.3 Å². The standard InChI is InChI=1S/C14H21NO2/c1-15(12-13-6-3-2-4-7-13)9-5-8-14-16-10-11-17-14/h2-4,6-7,14H,5,8-12H2,1H3. The topological polar surface area (TPSA) is 21.7 Å². The van der Waals surface area contributed by atoms with Crippen LogP contribution in [0.3, 0.4) is 0 Å². The molecule has 3 nitrogen and oxygen atoms in total. The summed E-state index contributed by atoms with van der Waals surface area (Å²) in [6.45, 7) is 3.60. The molecule has 0 amide bonds. The summed E-state index contributed by atoms with van der Waals surface area (Å²) >= 11 is 0. The predicted octanol–water partition coefficient (Wildman–Crippen LogP) is 2.27. The molecule has 94 valence electrons. The summed E-state index contributed by atoms with van der Waals surface area (Å²) in [7, 11) is 2.16. The summed E-state index contributed by atoms with van der Waals surface area (Å²) in [5, 5.41) is 0. The van der Waals surface area contributed by atoms with Gasteiger partial charge in [-0.05, 0) is 32.0 Å². The van der Waals surface area contributed by atoms with E-state index in [1.807, 2.05) is 0 Å². The predicted molar refractivity (Wildman–Crippen MR) is 67.7 cm³/mol. The molecule has 0 radical (unpaired) electrons. The van der Waals surface area contributed by atoms with Gasteiger partial charge in [0.15, 0.2) is 6.29 Å². The lowest BCUT2D eigenvalue weighted by atomic mass is 10.2. The van der Waals surface area contributed by atoms with Gasteiger partial charge in [-0.15, -0.1) is 0 Å². The first kappa shape index (κ1) is 12.6. The molecule has 0 aliphatic carbocycles. The molecule has 1 fully saturated rings. The molecule has 0 spiro atoms. The molecule has 0 saturated carbocycles. The van der Waals surface area contributed by atoms with Crippen molar-refractivity contribution in [2.45, 2.75) is 25.7 Å². The Morgan fingerprint density at radius 1 is 1.18 bits per heavy atom. The lowest BCUT2D eigenvalue weighted by molar-refractivity contribution is -0.0486. The SMILES string of the molecule is CN(CCCC1OCCO1)Cc1ccccc1. The van der Waals surface area contributed by atoms with Crippen LogP contribution in [-0.4, -0.2) is 38.0 Å². The van der Waals surface area contributed by atoms with Crippen molar-refractivity contribution in [2.24, 2.45) is 0 Å². The van der Waals surface area contributed by atoms with E-state index in [9.17, 15) is 0 Å². The average molecular weight is 235 g/mol. The van der Waals surface area contributed by atoms with Gasteiger partial charge in [0.05, 0.1) is 13.2 Å². The van der Waals surface area contributed by atoms with Gasteiger partial charge in [-0.3, -0.25) is 0 Å². The van der Waals surface area contributed by atoms with Crippen LogP contribution < -0.4 is 0 Å². The molecular weight excluding hydrogens is 214 g/mol. The van der Waals surface area contributed by atoms with E-state index in [0.717, 1.165) is 39.1 Å². The lowest BCUT2D eigenvalue weighted by Crippen LogP contribution is -2.20. The Morgan fingerprint density at radius 2 is 1.88 bits per heavy atom. The zero-order valence-corrected chi connectivity index (χ0v) is 10.5. The van der Waals surface area contributed by atoms with E-state index in [4.69, 9.17) is 9.47 Å². The van der Waals surface area contributed by atoms with Gasteiger partial charge in [0.2, 0.25) is 0 Å². The van der Waals surface area contributed by atoms with Crippen molar-refractivity contribution in [2.75, 3.05) is 26.8 Å². The molecule has 1 heterocycles. The molecule has 3 heteroatoms. The van der Waals surface area contributed by atoms with E-state index in [0.29, 0.717) is 0 Å². The fraction of sp³-hybridized carbons (Fsp3) is 0.571. The van der Waals surface area contributed by atoms with Crippen molar-refractivity contribution in [1.29, 1.82) is 0 Å². The van der Waals surface area contributed by atoms with Crippen LogP contribution in [0.2, 0.25) is 0 Å². The highest BCUT2D eigenvalue weighted by Crippen LogP contribution is 2.11. The van der Waals surface area contributed by atoms with Crippen molar-refractivity contribution in [1.82, 2.24) is 4.90 Å². The van der Waals surface area contributed by atoms with Gasteiger partial charge in [0.1, 0.15) is 0 Å². The van der Waals surface area contributed by atoms with Gasteiger partial charge in [0.25, 0.3) is 0 Å². The Balaban J connectivity index is 1.62. The van der Waals surface area contributed by atoms with Gasteiger partial charge in [-0.2, -0.15) is 0 Å². The third-order valence-corrected chi connectivity index (χ3v) is 2.97. The largest absolute Gasteiger partial charge is 0.350 e. The Hall–Kier alpha value is -0.900. The van der Waals surface area contributed by atoms with Crippen molar-refractivity contribution in [3.8, 4) is 0 Å². The molecule has 1 saturated heterocycles. The van der Waals surface area contributed by atoms with Gasteiger partial charge < -0.3 is 14.4 Å². The molecule has 17 heavy (non-hydrogen) atoms. The van der Waals surface area contributed by atoms with Gasteiger partial charge >= 0.3 is 0 Å². The first-order chi connectivity index (χ1) is 8.34. The monoisotopic (exact) mass is 235 g/mol. The molecule has 0 bridgehead atoms. The molecule has 0 atom stereocenters. The minimum atomic E-state index is 0.0418. The van der Waals surface area contributed by atoms with Crippen molar-refractivity contribution in [3.05, 3.63) is 35.9 Å². The Bertz CT molecular complexity index is 309. The summed E-state index contributed by atoms with van der Waals surface area (Å²) in [5.74, 6) is 0. The van der Waals surface area contributed by atoms with Crippen LogP contribution in [0, 0.1) is 0 Å². The van der Waals surface area contributed by atoms with Gasteiger partial charge in [-0.1, -0.05) is 30.3 Å². The molecular formula is C14H21NO2. The summed E-state index contributed by atoms with van der Waals surface area (Å²) in [6, 6.07) is 10.6. The Morgan fingerprint density at radius 3 is 2.59 bits per heavy atom. The molecule has 1 aromatic rings. The van der Waals surface area contributed by atoms with Crippen LogP contribution in [-0.2, 0) is 16.0 Å². The number of nitrogens with zero attached hydrogens (tertiary/aromatic N) is 1. The van der Waals surface area contributed by atoms with Crippen LogP contribution in [0.4, 0.5) is 0 Å². The molecule has 1 aliphatic heterocycles. The number of hydrogen-bond donors (Lipinski definition) is 0. The minimum Gasteiger partial charge on any atom is -0.350 e. The summed E-state index contributed by atoms with van der Waals surface area (Å²) < 4.78 is 10.8. The first-order valence-electron chi connectivity index (χ1n) is 6.30. The van der Waals surface area contributed by atoms with Gasteiger partial charge in [0, 0.05) is 6.54 Å². The first-order valence-corrected chi connectivity index (χ1v) is 6.30. The number of ether oxygens (including phenoxy) is 2. The van der Waals surface area contributed by atoms with Crippen LogP contribution in [0.25, 0.3) is 0 Å².